The third kappa shape index (κ3) is 2.91. The van der Waals surface area contributed by atoms with Crippen molar-refractivity contribution in [1.29, 1.82) is 0 Å². The van der Waals surface area contributed by atoms with Gasteiger partial charge in [-0.3, -0.25) is 9.59 Å². The number of nitrogens with zero attached hydrogens (tertiary/aromatic N) is 1. The van der Waals surface area contributed by atoms with Gasteiger partial charge in [-0.2, -0.15) is 0 Å². The molecule has 1 heterocycles. The summed E-state index contributed by atoms with van der Waals surface area (Å²) in [6, 6.07) is 5.42. The van der Waals surface area contributed by atoms with E-state index in [1.54, 1.807) is 30.2 Å². The zero-order valence-electron chi connectivity index (χ0n) is 12.6. The van der Waals surface area contributed by atoms with E-state index >= 15 is 0 Å². The molecule has 2 rings (SSSR count). The van der Waals surface area contributed by atoms with Crippen LogP contribution in [0.5, 0.6) is 5.75 Å². The van der Waals surface area contributed by atoms with Crippen molar-refractivity contribution in [3.63, 3.8) is 0 Å². The van der Waals surface area contributed by atoms with E-state index in [-0.39, 0.29) is 11.9 Å². The van der Waals surface area contributed by atoms with Crippen LogP contribution in [0.25, 0.3) is 10.9 Å². The van der Waals surface area contributed by atoms with E-state index in [2.05, 4.69) is 4.98 Å². The molecule has 112 valence electrons. The molecule has 1 aromatic carbocycles. The fraction of sp³-hybridized carbons (Fsp3) is 0.375. The van der Waals surface area contributed by atoms with Gasteiger partial charge in [-0.15, -0.1) is 0 Å². The number of aromatic amines is 1. The maximum Gasteiger partial charge on any atom is 0.310 e. The SMILES string of the molecule is CCC(=O)Oc1c[nH]c2c(C(=O)N(CC)CC)cccc12. The first-order chi connectivity index (χ1) is 10.1. The molecule has 1 N–H and O–H groups in total. The molecule has 0 aliphatic carbocycles. The molecule has 0 spiro atoms. The van der Waals surface area contributed by atoms with E-state index in [4.69, 9.17) is 4.74 Å². The van der Waals surface area contributed by atoms with E-state index < -0.39 is 0 Å². The Kier molecular flexibility index (Phi) is 4.62. The summed E-state index contributed by atoms with van der Waals surface area (Å²) >= 11 is 0. The molecule has 0 bridgehead atoms. The number of esters is 1. The number of H-pyrrole nitrogens is 1. The topological polar surface area (TPSA) is 62.4 Å². The van der Waals surface area contributed by atoms with E-state index in [9.17, 15) is 9.59 Å². The van der Waals surface area contributed by atoms with E-state index in [1.807, 2.05) is 19.9 Å². The van der Waals surface area contributed by atoms with Crippen molar-refractivity contribution in [3.8, 4) is 5.75 Å². The van der Waals surface area contributed by atoms with Gasteiger partial charge in [-0.1, -0.05) is 13.0 Å². The lowest BCUT2D eigenvalue weighted by Gasteiger charge is -2.18. The Bertz CT molecular complexity index is 657. The van der Waals surface area contributed by atoms with Gasteiger partial charge in [0.1, 0.15) is 0 Å². The summed E-state index contributed by atoms with van der Waals surface area (Å²) in [4.78, 5) is 28.7. The van der Waals surface area contributed by atoms with Crippen LogP contribution in [0.4, 0.5) is 0 Å². The number of carbonyl (C=O) groups is 2. The van der Waals surface area contributed by atoms with Crippen LogP contribution in [0.2, 0.25) is 0 Å². The Hall–Kier alpha value is -2.30. The van der Waals surface area contributed by atoms with Gasteiger partial charge in [0.25, 0.3) is 5.91 Å². The number of ether oxygens (including phenoxy) is 1. The van der Waals surface area contributed by atoms with Gasteiger partial charge in [0.2, 0.25) is 0 Å². The maximum atomic E-state index is 12.5. The predicted octanol–water partition coefficient (Wildman–Crippen LogP) is 2.97. The van der Waals surface area contributed by atoms with Crippen LogP contribution >= 0.6 is 0 Å². The molecule has 0 aliphatic rings. The number of nitrogens with one attached hydrogen (secondary N) is 1. The highest BCUT2D eigenvalue weighted by Gasteiger charge is 2.18. The molecular formula is C16H20N2O3. The molecular weight excluding hydrogens is 268 g/mol. The van der Waals surface area contributed by atoms with Crippen LogP contribution in [-0.2, 0) is 4.79 Å². The zero-order chi connectivity index (χ0) is 15.4. The number of aromatic nitrogens is 1. The molecule has 5 heteroatoms. The third-order valence-corrected chi connectivity index (χ3v) is 3.47. The number of hydrogen-bond donors (Lipinski definition) is 1. The number of para-hydroxylation sites is 1. The van der Waals surface area contributed by atoms with Crippen LogP contribution in [0.3, 0.4) is 0 Å². The molecule has 5 nitrogen and oxygen atoms in total. The standard InChI is InChI=1S/C16H20N2O3/c1-4-14(19)21-13-10-17-15-11(13)8-7-9-12(15)16(20)18(5-2)6-3/h7-10,17H,4-6H2,1-3H3. The van der Waals surface area contributed by atoms with Crippen LogP contribution in [0.1, 0.15) is 37.6 Å². The summed E-state index contributed by atoms with van der Waals surface area (Å²) in [5, 5.41) is 0.745. The summed E-state index contributed by atoms with van der Waals surface area (Å²) in [7, 11) is 0. The van der Waals surface area contributed by atoms with E-state index in [1.165, 1.54) is 0 Å². The van der Waals surface area contributed by atoms with Gasteiger partial charge in [0.15, 0.2) is 5.75 Å². The number of hydrogen-bond acceptors (Lipinski definition) is 3. The first-order valence-corrected chi connectivity index (χ1v) is 7.22. The fourth-order valence-electron chi connectivity index (χ4n) is 2.27. The average Bonchev–Trinajstić information content (AvgIpc) is 2.91. The summed E-state index contributed by atoms with van der Waals surface area (Å²) < 4.78 is 5.27. The Morgan fingerprint density at radius 3 is 2.52 bits per heavy atom. The molecule has 0 fully saturated rings. The Balaban J connectivity index is 2.43. The molecule has 0 saturated carbocycles. The number of benzene rings is 1. The number of fused-ring (bicyclic) bond motifs is 1. The molecule has 2 aromatic rings. The van der Waals surface area contributed by atoms with Crippen LogP contribution in [0, 0.1) is 0 Å². The predicted molar refractivity (Wildman–Crippen MR) is 81.5 cm³/mol. The molecule has 0 aliphatic heterocycles. The first-order valence-electron chi connectivity index (χ1n) is 7.22. The summed E-state index contributed by atoms with van der Waals surface area (Å²) in [6.45, 7) is 6.95. The highest BCUT2D eigenvalue weighted by Crippen LogP contribution is 2.28. The third-order valence-electron chi connectivity index (χ3n) is 3.47. The Morgan fingerprint density at radius 1 is 1.19 bits per heavy atom. The minimum Gasteiger partial charge on any atom is -0.424 e. The van der Waals surface area contributed by atoms with Gasteiger partial charge < -0.3 is 14.6 Å². The Morgan fingerprint density at radius 2 is 1.90 bits per heavy atom. The van der Waals surface area contributed by atoms with E-state index in [0.29, 0.717) is 36.3 Å². The van der Waals surface area contributed by atoms with Crippen molar-refractivity contribution in [3.05, 3.63) is 30.0 Å². The second kappa shape index (κ2) is 6.43. The molecule has 21 heavy (non-hydrogen) atoms. The van der Waals surface area contributed by atoms with Crippen molar-refractivity contribution < 1.29 is 14.3 Å². The lowest BCUT2D eigenvalue weighted by atomic mass is 10.1. The smallest absolute Gasteiger partial charge is 0.310 e. The van der Waals surface area contributed by atoms with Crippen LogP contribution in [-0.4, -0.2) is 34.8 Å². The van der Waals surface area contributed by atoms with E-state index in [0.717, 1.165) is 5.39 Å². The minimum atomic E-state index is -0.295. The molecule has 1 aromatic heterocycles. The van der Waals surface area contributed by atoms with Gasteiger partial charge in [-0.25, -0.2) is 0 Å². The van der Waals surface area contributed by atoms with Gasteiger partial charge in [0.05, 0.1) is 11.1 Å². The van der Waals surface area contributed by atoms with Crippen molar-refractivity contribution in [2.45, 2.75) is 27.2 Å². The van der Waals surface area contributed by atoms with Gasteiger partial charge >= 0.3 is 5.97 Å². The summed E-state index contributed by atoms with van der Waals surface area (Å²) in [6.07, 6.45) is 1.93. The zero-order valence-corrected chi connectivity index (χ0v) is 12.6. The van der Waals surface area contributed by atoms with Crippen molar-refractivity contribution in [2.24, 2.45) is 0 Å². The molecule has 0 saturated heterocycles. The Labute approximate surface area is 123 Å². The highest BCUT2D eigenvalue weighted by atomic mass is 16.5. The number of rotatable bonds is 5. The molecule has 0 radical (unpaired) electrons. The second-order valence-corrected chi connectivity index (χ2v) is 4.69. The second-order valence-electron chi connectivity index (χ2n) is 4.69. The van der Waals surface area contributed by atoms with Crippen molar-refractivity contribution in [2.75, 3.05) is 13.1 Å². The molecule has 0 atom stereocenters. The van der Waals surface area contributed by atoms with Gasteiger partial charge in [-0.05, 0) is 26.0 Å². The quantitative estimate of drug-likeness (QED) is 0.860. The fourth-order valence-corrected chi connectivity index (χ4v) is 2.27. The first kappa shape index (κ1) is 15.1. The summed E-state index contributed by atoms with van der Waals surface area (Å²) in [5.74, 6) is 0.142. The molecule has 0 unspecified atom stereocenters. The number of amides is 1. The normalized spacial score (nSPS) is 10.6. The summed E-state index contributed by atoms with van der Waals surface area (Å²) in [5.41, 5.74) is 1.29. The van der Waals surface area contributed by atoms with Crippen LogP contribution < -0.4 is 4.74 Å². The van der Waals surface area contributed by atoms with Crippen molar-refractivity contribution in [1.82, 2.24) is 9.88 Å². The largest absolute Gasteiger partial charge is 0.424 e. The van der Waals surface area contributed by atoms with Crippen LogP contribution in [0.15, 0.2) is 24.4 Å². The highest BCUT2D eigenvalue weighted by molar-refractivity contribution is 6.07. The monoisotopic (exact) mass is 288 g/mol. The lowest BCUT2D eigenvalue weighted by Crippen LogP contribution is -2.30. The maximum absolute atomic E-state index is 12.5. The lowest BCUT2D eigenvalue weighted by molar-refractivity contribution is -0.133. The molecule has 1 amide bonds. The van der Waals surface area contributed by atoms with Gasteiger partial charge in [0, 0.05) is 31.1 Å². The minimum absolute atomic E-state index is 0.0270. The number of carbonyl (C=O) groups excluding carboxylic acids is 2. The average molecular weight is 288 g/mol. The van der Waals surface area contributed by atoms with Crippen molar-refractivity contribution >= 4 is 22.8 Å².